The number of H-pyrrole nitrogens is 1. The minimum absolute atomic E-state index is 0.0595. The highest BCUT2D eigenvalue weighted by atomic mass is 16.7. The number of azide groups is 1. The largest absolute Gasteiger partial charge is 0.419 e. The van der Waals surface area contributed by atoms with Gasteiger partial charge < -0.3 is 19.7 Å². The number of rotatable bonds is 20. The number of ether oxygens (including phenoxy) is 2. The van der Waals surface area contributed by atoms with Crippen molar-refractivity contribution >= 4 is 12.0 Å². The normalized spacial score (nSPS) is 18.2. The van der Waals surface area contributed by atoms with Crippen LogP contribution in [-0.4, -0.2) is 58.9 Å². The maximum atomic E-state index is 12.6. The highest BCUT2D eigenvalue weighted by Gasteiger charge is 2.39. The van der Waals surface area contributed by atoms with Gasteiger partial charge in [-0.15, -0.1) is 0 Å². The Kier molecular flexibility index (Phi) is 19.2. The Morgan fingerprint density at radius 2 is 1.58 bits per heavy atom. The monoisotopic (exact) mass is 663 g/mol. The molecule has 2 heterocycles. The zero-order chi connectivity index (χ0) is 35.0. The fourth-order valence-electron chi connectivity index (χ4n) is 4.46. The van der Waals surface area contributed by atoms with Gasteiger partial charge >= 0.3 is 11.8 Å². The molecule has 48 heavy (non-hydrogen) atoms. The zero-order valence-electron chi connectivity index (χ0n) is 28.2. The first-order valence-corrected chi connectivity index (χ1v) is 16.4. The first-order chi connectivity index (χ1) is 23.3. The lowest BCUT2D eigenvalue weighted by molar-refractivity contribution is -0.127. The smallest absolute Gasteiger partial charge is 0.411 e. The molecule has 1 fully saturated rings. The van der Waals surface area contributed by atoms with Gasteiger partial charge in [-0.1, -0.05) is 85.0 Å². The Balaban J connectivity index is 1.59. The lowest BCUT2D eigenvalue weighted by Crippen LogP contribution is -2.39. The molecule has 0 bridgehead atoms. The van der Waals surface area contributed by atoms with Gasteiger partial charge in [-0.25, -0.2) is 9.59 Å². The molecule has 13 nitrogen and oxygen atoms in total. The van der Waals surface area contributed by atoms with E-state index in [1.165, 1.54) is 25.1 Å². The average Bonchev–Trinajstić information content (AvgIpc) is 3.45. The third kappa shape index (κ3) is 15.6. The third-order valence-electron chi connectivity index (χ3n) is 7.14. The lowest BCUT2D eigenvalue weighted by Gasteiger charge is -2.22. The van der Waals surface area contributed by atoms with Crippen LogP contribution in [0.15, 0.2) is 93.8 Å². The molecule has 2 rings (SSSR count). The number of nitrogens with one attached hydrogen (secondary N) is 2. The number of carbonyl (C=O) groups is 2. The molecule has 13 heteroatoms. The Bertz CT molecular complexity index is 1500. The first kappa shape index (κ1) is 39.3. The summed E-state index contributed by atoms with van der Waals surface area (Å²) in [6, 6.07) is -0.884. The van der Waals surface area contributed by atoms with E-state index in [4.69, 9.17) is 15.0 Å². The molecule has 1 aliphatic heterocycles. The highest BCUT2D eigenvalue weighted by Crippen LogP contribution is 2.31. The standard InChI is InChI=1S/C35H49N7O6/c1-4-5-6-7-8-9-10-11-12-13-14-15-16-17-18-19-20-21-22-23-30(43)37-24-25-41(3)35(46)48-33-29(39-40-36)26-31(47-33)42-27-28(2)32(44)38-34(42)45/h5-6,8-9,11-12,14-15,17-18,20-21,27,29,31,33H,4,7,10,13,16,19,22-26H2,1-3H3,(H,37,43)(H,38,44,45)/b6-5-,9-8-,12-11-,15-14-,18-17-,21-20-/t29-,31-,33-/m0/s1. The predicted octanol–water partition coefficient (Wildman–Crippen LogP) is 6.43. The van der Waals surface area contributed by atoms with E-state index in [2.05, 4.69) is 88.0 Å². The van der Waals surface area contributed by atoms with Crippen LogP contribution in [0.25, 0.3) is 10.4 Å². The van der Waals surface area contributed by atoms with E-state index in [1.54, 1.807) is 0 Å². The molecule has 0 aliphatic carbocycles. The molecule has 3 atom stereocenters. The second-order valence-electron chi connectivity index (χ2n) is 11.1. The number of nitrogens with zero attached hydrogens (tertiary/aromatic N) is 5. The molecule has 1 saturated heterocycles. The first-order valence-electron chi connectivity index (χ1n) is 16.4. The molecular formula is C35H49N7O6. The van der Waals surface area contributed by atoms with Crippen molar-refractivity contribution in [2.24, 2.45) is 5.11 Å². The van der Waals surface area contributed by atoms with E-state index in [9.17, 15) is 19.2 Å². The van der Waals surface area contributed by atoms with E-state index in [-0.39, 0.29) is 31.0 Å². The van der Waals surface area contributed by atoms with E-state index in [0.717, 1.165) is 43.1 Å². The van der Waals surface area contributed by atoms with Crippen LogP contribution in [0, 0.1) is 6.92 Å². The summed E-state index contributed by atoms with van der Waals surface area (Å²) in [6.07, 6.45) is 30.7. The summed E-state index contributed by atoms with van der Waals surface area (Å²) in [5.41, 5.74) is 8.00. The molecule has 0 saturated carbocycles. The fourth-order valence-corrected chi connectivity index (χ4v) is 4.46. The molecule has 1 aromatic heterocycles. The van der Waals surface area contributed by atoms with Crippen molar-refractivity contribution in [1.29, 1.82) is 0 Å². The fraction of sp³-hybridized carbons (Fsp3) is 0.486. The van der Waals surface area contributed by atoms with Crippen molar-refractivity contribution in [2.75, 3.05) is 20.1 Å². The number of aryl methyl sites for hydroxylation is 1. The second kappa shape index (κ2) is 23.4. The highest BCUT2D eigenvalue weighted by molar-refractivity contribution is 5.76. The topological polar surface area (TPSA) is 171 Å². The van der Waals surface area contributed by atoms with Crippen molar-refractivity contribution < 1.29 is 19.1 Å². The number of aromatic amines is 1. The Morgan fingerprint density at radius 3 is 2.15 bits per heavy atom. The molecule has 0 aromatic carbocycles. The molecule has 1 aromatic rings. The van der Waals surface area contributed by atoms with Crippen LogP contribution >= 0.6 is 0 Å². The van der Waals surface area contributed by atoms with Crippen molar-refractivity contribution in [3.05, 3.63) is 116 Å². The van der Waals surface area contributed by atoms with Gasteiger partial charge in [-0.2, -0.15) is 0 Å². The van der Waals surface area contributed by atoms with Crippen LogP contribution in [0.3, 0.4) is 0 Å². The third-order valence-corrected chi connectivity index (χ3v) is 7.14. The van der Waals surface area contributed by atoms with Gasteiger partial charge in [-0.05, 0) is 57.4 Å². The summed E-state index contributed by atoms with van der Waals surface area (Å²) < 4.78 is 12.2. The van der Waals surface area contributed by atoms with Gasteiger partial charge in [0.25, 0.3) is 5.56 Å². The zero-order valence-corrected chi connectivity index (χ0v) is 28.2. The Labute approximate surface area is 282 Å². The molecule has 2 amide bonds. The number of allylic oxidation sites excluding steroid dienone is 12. The minimum atomic E-state index is -1.24. The van der Waals surface area contributed by atoms with Gasteiger partial charge in [0.05, 0.1) is 0 Å². The number of hydrogen-bond acceptors (Lipinski definition) is 7. The molecule has 2 N–H and O–H groups in total. The van der Waals surface area contributed by atoms with Crippen LogP contribution in [0.4, 0.5) is 4.79 Å². The summed E-state index contributed by atoms with van der Waals surface area (Å²) in [5, 5.41) is 6.41. The van der Waals surface area contributed by atoms with Gasteiger partial charge in [0.1, 0.15) is 12.3 Å². The van der Waals surface area contributed by atoms with Crippen LogP contribution in [0.1, 0.15) is 76.5 Å². The van der Waals surface area contributed by atoms with Crippen molar-refractivity contribution in [2.45, 2.75) is 90.2 Å². The van der Waals surface area contributed by atoms with Gasteiger partial charge in [0.15, 0.2) is 0 Å². The number of likely N-dealkylation sites (N-methyl/N-ethyl adjacent to an activating group) is 1. The quantitative estimate of drug-likeness (QED) is 0.0704. The van der Waals surface area contributed by atoms with Crippen molar-refractivity contribution in [3.8, 4) is 0 Å². The molecule has 0 radical (unpaired) electrons. The number of amides is 2. The molecule has 0 unspecified atom stereocenters. The predicted molar refractivity (Wildman–Crippen MR) is 187 cm³/mol. The van der Waals surface area contributed by atoms with Crippen molar-refractivity contribution in [3.63, 3.8) is 0 Å². The van der Waals surface area contributed by atoms with Gasteiger partial charge in [0.2, 0.25) is 12.2 Å². The molecular weight excluding hydrogens is 614 g/mol. The SMILES string of the molecule is CC/C=C\C/C=C\C/C=C\C/C=C\C/C=C\C/C=C\CCC(=O)NCCN(C)C(=O)O[C@@H]1O[C@H](n2cc(C)c(=O)[nH]c2=O)C[C@@H]1N=[N+]=[N-]. The summed E-state index contributed by atoms with van der Waals surface area (Å²) in [6.45, 7) is 4.06. The summed E-state index contributed by atoms with van der Waals surface area (Å²) in [5.74, 6) is -0.136. The van der Waals surface area contributed by atoms with E-state index < -0.39 is 35.9 Å². The van der Waals surface area contributed by atoms with Crippen LogP contribution < -0.4 is 16.6 Å². The van der Waals surface area contributed by atoms with Gasteiger partial charge in [-0.3, -0.25) is 19.1 Å². The summed E-state index contributed by atoms with van der Waals surface area (Å²) in [4.78, 5) is 55.0. The average molecular weight is 664 g/mol. The van der Waals surface area contributed by atoms with Crippen molar-refractivity contribution in [1.82, 2.24) is 19.8 Å². The molecule has 1 aliphatic rings. The summed E-state index contributed by atoms with van der Waals surface area (Å²) in [7, 11) is 1.50. The maximum Gasteiger partial charge on any atom is 0.411 e. The lowest BCUT2D eigenvalue weighted by atomic mass is 10.2. The Hall–Kier alpha value is -4.87. The maximum absolute atomic E-state index is 12.6. The molecule has 260 valence electrons. The van der Waals surface area contributed by atoms with Crippen LogP contribution in [0.5, 0.6) is 0 Å². The van der Waals surface area contributed by atoms with E-state index >= 15 is 0 Å². The molecule has 0 spiro atoms. The van der Waals surface area contributed by atoms with E-state index in [1.807, 2.05) is 12.2 Å². The number of carbonyl (C=O) groups excluding carboxylic acids is 2. The number of aromatic nitrogens is 2. The second-order valence-corrected chi connectivity index (χ2v) is 11.1. The Morgan fingerprint density at radius 1 is 1.02 bits per heavy atom. The van der Waals surface area contributed by atoms with Crippen LogP contribution in [0.2, 0.25) is 0 Å². The van der Waals surface area contributed by atoms with Crippen LogP contribution in [-0.2, 0) is 14.3 Å². The van der Waals surface area contributed by atoms with Gasteiger partial charge in [0, 0.05) is 49.7 Å². The minimum Gasteiger partial charge on any atom is -0.419 e. The number of hydrogen-bond donors (Lipinski definition) is 2. The summed E-state index contributed by atoms with van der Waals surface area (Å²) >= 11 is 0. The van der Waals surface area contributed by atoms with E-state index in [0.29, 0.717) is 12.8 Å².